The third-order valence-corrected chi connectivity index (χ3v) is 1.85. The highest BCUT2D eigenvalue weighted by Crippen LogP contribution is 2.16. The number of amides is 1. The van der Waals surface area contributed by atoms with Gasteiger partial charge in [0.15, 0.2) is 0 Å². The summed E-state index contributed by atoms with van der Waals surface area (Å²) in [4.78, 5) is 22.1. The lowest BCUT2D eigenvalue weighted by Crippen LogP contribution is -2.49. The van der Waals surface area contributed by atoms with Crippen LogP contribution in [0.15, 0.2) is 0 Å². The Bertz CT molecular complexity index is 226. The predicted octanol–water partition coefficient (Wildman–Crippen LogP) is 0.0708. The number of methoxy groups -OCH3 is 1. The minimum absolute atomic E-state index is 0. The Balaban J connectivity index is 0. The summed E-state index contributed by atoms with van der Waals surface area (Å²) in [6.45, 7) is 5.43. The van der Waals surface area contributed by atoms with E-state index in [-0.39, 0.29) is 30.3 Å². The topological polar surface area (TPSA) is 81.4 Å². The van der Waals surface area contributed by atoms with E-state index in [9.17, 15) is 9.59 Å². The summed E-state index contributed by atoms with van der Waals surface area (Å²) in [5, 5.41) is 2.40. The summed E-state index contributed by atoms with van der Waals surface area (Å²) in [7, 11) is 1.26. The fourth-order valence-corrected chi connectivity index (χ4v) is 0.735. The van der Waals surface area contributed by atoms with Gasteiger partial charge in [-0.3, -0.25) is 9.59 Å². The Morgan fingerprint density at radius 2 is 1.87 bits per heavy atom. The SMILES string of the molecule is COC(=O)CNC(=O)[C@@H](N)C(C)(C)C.Cl. The highest BCUT2D eigenvalue weighted by Gasteiger charge is 2.27. The summed E-state index contributed by atoms with van der Waals surface area (Å²) in [5.74, 6) is -0.831. The van der Waals surface area contributed by atoms with Crippen LogP contribution in [0.4, 0.5) is 0 Å². The van der Waals surface area contributed by atoms with Crippen molar-refractivity contribution in [2.75, 3.05) is 13.7 Å². The maximum Gasteiger partial charge on any atom is 0.325 e. The lowest BCUT2D eigenvalue weighted by molar-refractivity contribution is -0.141. The molecule has 90 valence electrons. The standard InChI is InChI=1S/C9H18N2O3.ClH/c1-9(2,3)7(10)8(13)11-5-6(12)14-4;/h7H,5,10H2,1-4H3,(H,11,13);1H/t7-;/m1./s1. The molecule has 0 bridgehead atoms. The third kappa shape index (κ3) is 6.30. The van der Waals surface area contributed by atoms with Crippen LogP contribution in [-0.4, -0.2) is 31.6 Å². The number of hydrogen-bond acceptors (Lipinski definition) is 4. The molecule has 0 aromatic carbocycles. The molecule has 0 heterocycles. The number of rotatable bonds is 3. The number of esters is 1. The van der Waals surface area contributed by atoms with Crippen LogP contribution in [0.3, 0.4) is 0 Å². The lowest BCUT2D eigenvalue weighted by Gasteiger charge is -2.25. The van der Waals surface area contributed by atoms with Crippen LogP contribution < -0.4 is 11.1 Å². The predicted molar refractivity (Wildman–Crippen MR) is 59.7 cm³/mol. The van der Waals surface area contributed by atoms with Crippen LogP contribution in [0.2, 0.25) is 0 Å². The highest BCUT2D eigenvalue weighted by molar-refractivity contribution is 5.86. The molecule has 3 N–H and O–H groups in total. The zero-order chi connectivity index (χ0) is 11.4. The van der Waals surface area contributed by atoms with E-state index in [0.717, 1.165) is 0 Å². The van der Waals surface area contributed by atoms with Crippen molar-refractivity contribution in [1.82, 2.24) is 5.32 Å². The van der Waals surface area contributed by atoms with E-state index in [1.807, 2.05) is 20.8 Å². The first-order valence-corrected chi connectivity index (χ1v) is 4.39. The number of carbonyl (C=O) groups is 2. The quantitative estimate of drug-likeness (QED) is 0.682. The smallest absolute Gasteiger partial charge is 0.325 e. The normalized spacial score (nSPS) is 12.3. The fraction of sp³-hybridized carbons (Fsp3) is 0.778. The van der Waals surface area contributed by atoms with Gasteiger partial charge in [0.2, 0.25) is 5.91 Å². The second-order valence-electron chi connectivity index (χ2n) is 4.14. The molecule has 1 amide bonds. The van der Waals surface area contributed by atoms with Crippen LogP contribution in [0.25, 0.3) is 0 Å². The van der Waals surface area contributed by atoms with Gasteiger partial charge in [0, 0.05) is 0 Å². The van der Waals surface area contributed by atoms with Gasteiger partial charge in [-0.1, -0.05) is 20.8 Å². The van der Waals surface area contributed by atoms with Gasteiger partial charge < -0.3 is 15.8 Å². The van der Waals surface area contributed by atoms with E-state index in [4.69, 9.17) is 5.73 Å². The zero-order valence-corrected chi connectivity index (χ0v) is 10.3. The van der Waals surface area contributed by atoms with Crippen molar-refractivity contribution in [3.05, 3.63) is 0 Å². The van der Waals surface area contributed by atoms with Crippen LogP contribution >= 0.6 is 12.4 Å². The molecule has 0 aliphatic carbocycles. The number of nitrogens with two attached hydrogens (primary N) is 1. The van der Waals surface area contributed by atoms with Gasteiger partial charge in [0.25, 0.3) is 0 Å². The van der Waals surface area contributed by atoms with E-state index >= 15 is 0 Å². The summed E-state index contributed by atoms with van der Waals surface area (Å²) < 4.78 is 4.37. The average molecular weight is 239 g/mol. The van der Waals surface area contributed by atoms with Crippen LogP contribution in [0, 0.1) is 5.41 Å². The molecule has 0 unspecified atom stereocenters. The van der Waals surface area contributed by atoms with Gasteiger partial charge in [-0.2, -0.15) is 0 Å². The number of hydrogen-bond donors (Lipinski definition) is 2. The highest BCUT2D eigenvalue weighted by atomic mass is 35.5. The van der Waals surface area contributed by atoms with Crippen molar-refractivity contribution < 1.29 is 14.3 Å². The van der Waals surface area contributed by atoms with Crippen LogP contribution in [0.1, 0.15) is 20.8 Å². The van der Waals surface area contributed by atoms with Crippen molar-refractivity contribution in [3.63, 3.8) is 0 Å². The molecule has 1 atom stereocenters. The molecule has 0 radical (unpaired) electrons. The van der Waals surface area contributed by atoms with Crippen LogP contribution in [-0.2, 0) is 14.3 Å². The van der Waals surface area contributed by atoms with Crippen LogP contribution in [0.5, 0.6) is 0 Å². The fourth-order valence-electron chi connectivity index (χ4n) is 0.735. The van der Waals surface area contributed by atoms with Crippen molar-refractivity contribution >= 4 is 24.3 Å². The first-order chi connectivity index (χ1) is 6.29. The summed E-state index contributed by atoms with van der Waals surface area (Å²) in [5.41, 5.74) is 5.34. The van der Waals surface area contributed by atoms with Crippen molar-refractivity contribution in [2.24, 2.45) is 11.1 Å². The van der Waals surface area contributed by atoms with E-state index in [2.05, 4.69) is 10.1 Å². The van der Waals surface area contributed by atoms with E-state index < -0.39 is 12.0 Å². The minimum Gasteiger partial charge on any atom is -0.468 e. The number of ether oxygens (including phenoxy) is 1. The molecule has 0 aromatic rings. The molecule has 0 aliphatic heterocycles. The molecule has 5 nitrogen and oxygen atoms in total. The van der Waals surface area contributed by atoms with E-state index in [1.165, 1.54) is 7.11 Å². The molecule has 0 rings (SSSR count). The van der Waals surface area contributed by atoms with Gasteiger partial charge in [-0.15, -0.1) is 12.4 Å². The summed E-state index contributed by atoms with van der Waals surface area (Å²) in [6, 6.07) is -0.632. The molecule has 15 heavy (non-hydrogen) atoms. The lowest BCUT2D eigenvalue weighted by atomic mass is 9.87. The Morgan fingerprint density at radius 3 is 2.20 bits per heavy atom. The molecular weight excluding hydrogens is 220 g/mol. The molecular formula is C9H19ClN2O3. The summed E-state index contributed by atoms with van der Waals surface area (Å²) >= 11 is 0. The second-order valence-corrected chi connectivity index (χ2v) is 4.14. The molecule has 0 saturated heterocycles. The third-order valence-electron chi connectivity index (χ3n) is 1.85. The van der Waals surface area contributed by atoms with Crippen molar-refractivity contribution in [1.29, 1.82) is 0 Å². The van der Waals surface area contributed by atoms with Gasteiger partial charge in [0.1, 0.15) is 6.54 Å². The first kappa shape index (κ1) is 16.6. The number of carbonyl (C=O) groups excluding carboxylic acids is 2. The van der Waals surface area contributed by atoms with Gasteiger partial charge in [0.05, 0.1) is 13.2 Å². The molecule has 0 spiro atoms. The Labute approximate surface area is 96.1 Å². The first-order valence-electron chi connectivity index (χ1n) is 4.39. The van der Waals surface area contributed by atoms with Gasteiger partial charge >= 0.3 is 5.97 Å². The number of nitrogens with one attached hydrogen (secondary N) is 1. The zero-order valence-electron chi connectivity index (χ0n) is 9.49. The summed E-state index contributed by atoms with van der Waals surface area (Å²) in [6.07, 6.45) is 0. The minimum atomic E-state index is -0.632. The largest absolute Gasteiger partial charge is 0.468 e. The Hall–Kier alpha value is -0.810. The average Bonchev–Trinajstić information content (AvgIpc) is 2.10. The molecule has 0 aliphatic rings. The van der Waals surface area contributed by atoms with E-state index in [1.54, 1.807) is 0 Å². The maximum absolute atomic E-state index is 11.4. The van der Waals surface area contributed by atoms with Gasteiger partial charge in [-0.25, -0.2) is 0 Å². The molecule has 0 aromatic heterocycles. The molecule has 6 heteroatoms. The monoisotopic (exact) mass is 238 g/mol. The Morgan fingerprint density at radius 1 is 1.40 bits per heavy atom. The Kier molecular flexibility index (Phi) is 7.35. The maximum atomic E-state index is 11.4. The van der Waals surface area contributed by atoms with Crippen molar-refractivity contribution in [3.8, 4) is 0 Å². The molecule has 0 saturated carbocycles. The van der Waals surface area contributed by atoms with E-state index in [0.29, 0.717) is 0 Å². The van der Waals surface area contributed by atoms with Crippen molar-refractivity contribution in [2.45, 2.75) is 26.8 Å². The second kappa shape index (κ2) is 6.63. The molecule has 0 fully saturated rings. The van der Waals surface area contributed by atoms with Gasteiger partial charge in [-0.05, 0) is 5.41 Å². The number of halogens is 1.